The smallest absolute Gasteiger partial charge is 0.251 e. The molecule has 2 amide bonds. The molecule has 0 aliphatic carbocycles. The summed E-state index contributed by atoms with van der Waals surface area (Å²) in [4.78, 5) is 26.8. The van der Waals surface area contributed by atoms with Crippen molar-refractivity contribution in [2.75, 3.05) is 30.3 Å². The highest BCUT2D eigenvalue weighted by molar-refractivity contribution is 6.06. The number of piperidine rings is 1. The number of hydrogen-bond donors (Lipinski definition) is 2. The summed E-state index contributed by atoms with van der Waals surface area (Å²) < 4.78 is 5.52. The summed E-state index contributed by atoms with van der Waals surface area (Å²) in [5.41, 5.74) is 1.13. The third kappa shape index (κ3) is 3.11. The number of ether oxygens (including phenoxy) is 1. The third-order valence-corrected chi connectivity index (χ3v) is 4.83. The van der Waals surface area contributed by atoms with Crippen molar-refractivity contribution in [2.45, 2.75) is 44.8 Å². The summed E-state index contributed by atoms with van der Waals surface area (Å²) in [5, 5.41) is 6.39. The highest BCUT2D eigenvalue weighted by atomic mass is 16.5. The first-order valence-corrected chi connectivity index (χ1v) is 8.65. The molecule has 0 saturated carbocycles. The second kappa shape index (κ2) is 6.81. The van der Waals surface area contributed by atoms with Crippen molar-refractivity contribution in [3.63, 3.8) is 0 Å². The van der Waals surface area contributed by atoms with Gasteiger partial charge >= 0.3 is 0 Å². The van der Waals surface area contributed by atoms with Crippen molar-refractivity contribution in [1.29, 1.82) is 0 Å². The van der Waals surface area contributed by atoms with Crippen LogP contribution in [0, 0.1) is 0 Å². The van der Waals surface area contributed by atoms with E-state index >= 15 is 0 Å². The van der Waals surface area contributed by atoms with E-state index in [2.05, 4.69) is 10.6 Å². The Morgan fingerprint density at radius 1 is 1.29 bits per heavy atom. The fourth-order valence-electron chi connectivity index (χ4n) is 3.34. The maximum atomic E-state index is 12.6. The monoisotopic (exact) mass is 331 g/mol. The molecule has 0 aromatic heterocycles. The zero-order valence-corrected chi connectivity index (χ0v) is 14.3. The SMILES string of the molecule is CCCO[C@H](C)C(=O)N1CCC2(CC1)Nc1ccccc1NC2=O. The van der Waals surface area contributed by atoms with Crippen LogP contribution in [0.5, 0.6) is 0 Å². The van der Waals surface area contributed by atoms with Crippen LogP contribution in [-0.4, -0.2) is 48.1 Å². The minimum absolute atomic E-state index is 0.00918. The number of anilines is 2. The van der Waals surface area contributed by atoms with Gasteiger partial charge in [-0.1, -0.05) is 19.1 Å². The number of amides is 2. The van der Waals surface area contributed by atoms with Gasteiger partial charge in [0.15, 0.2) is 0 Å². The van der Waals surface area contributed by atoms with Crippen molar-refractivity contribution < 1.29 is 14.3 Å². The lowest BCUT2D eigenvalue weighted by atomic mass is 9.84. The summed E-state index contributed by atoms with van der Waals surface area (Å²) in [6.45, 7) is 5.52. The Morgan fingerprint density at radius 3 is 2.62 bits per heavy atom. The fourth-order valence-corrected chi connectivity index (χ4v) is 3.34. The van der Waals surface area contributed by atoms with E-state index < -0.39 is 11.6 Å². The van der Waals surface area contributed by atoms with Crippen LogP contribution in [0.3, 0.4) is 0 Å². The second-order valence-corrected chi connectivity index (χ2v) is 6.55. The maximum absolute atomic E-state index is 12.6. The summed E-state index contributed by atoms with van der Waals surface area (Å²) in [5.74, 6) is -0.00139. The molecule has 130 valence electrons. The van der Waals surface area contributed by atoms with E-state index in [-0.39, 0.29) is 11.8 Å². The molecular formula is C18H25N3O3. The molecule has 2 heterocycles. The quantitative estimate of drug-likeness (QED) is 0.887. The Bertz CT molecular complexity index is 624. The van der Waals surface area contributed by atoms with Crippen LogP contribution < -0.4 is 10.6 Å². The van der Waals surface area contributed by atoms with E-state index in [9.17, 15) is 9.59 Å². The van der Waals surface area contributed by atoms with Crippen LogP contribution in [0.4, 0.5) is 11.4 Å². The first-order valence-electron chi connectivity index (χ1n) is 8.65. The molecular weight excluding hydrogens is 306 g/mol. The Hall–Kier alpha value is -2.08. The molecule has 3 rings (SSSR count). The van der Waals surface area contributed by atoms with E-state index in [1.807, 2.05) is 31.2 Å². The van der Waals surface area contributed by atoms with Crippen LogP contribution in [0.15, 0.2) is 24.3 Å². The van der Waals surface area contributed by atoms with Gasteiger partial charge < -0.3 is 20.3 Å². The Kier molecular flexibility index (Phi) is 4.76. The maximum Gasteiger partial charge on any atom is 0.251 e. The van der Waals surface area contributed by atoms with Crippen LogP contribution >= 0.6 is 0 Å². The van der Waals surface area contributed by atoms with Crippen LogP contribution in [0.2, 0.25) is 0 Å². The molecule has 24 heavy (non-hydrogen) atoms. The molecule has 1 saturated heterocycles. The van der Waals surface area contributed by atoms with Gasteiger partial charge in [-0.25, -0.2) is 0 Å². The molecule has 1 spiro atoms. The van der Waals surface area contributed by atoms with E-state index in [1.165, 1.54) is 0 Å². The van der Waals surface area contributed by atoms with Crippen LogP contribution in [-0.2, 0) is 14.3 Å². The number of likely N-dealkylation sites (tertiary alicyclic amines) is 1. The first-order chi connectivity index (χ1) is 11.6. The number of rotatable bonds is 4. The van der Waals surface area contributed by atoms with Gasteiger partial charge in [0.05, 0.1) is 11.4 Å². The average molecular weight is 331 g/mol. The van der Waals surface area contributed by atoms with E-state index in [1.54, 1.807) is 11.8 Å². The lowest BCUT2D eigenvalue weighted by Gasteiger charge is -2.44. The van der Waals surface area contributed by atoms with Crippen molar-refractivity contribution in [1.82, 2.24) is 4.90 Å². The first kappa shape index (κ1) is 16.8. The van der Waals surface area contributed by atoms with Gasteiger partial charge in [-0.3, -0.25) is 9.59 Å². The third-order valence-electron chi connectivity index (χ3n) is 4.83. The number of benzene rings is 1. The molecule has 0 bridgehead atoms. The molecule has 2 N–H and O–H groups in total. The predicted molar refractivity (Wildman–Crippen MR) is 92.9 cm³/mol. The second-order valence-electron chi connectivity index (χ2n) is 6.55. The summed E-state index contributed by atoms with van der Waals surface area (Å²) in [6, 6.07) is 7.70. The summed E-state index contributed by atoms with van der Waals surface area (Å²) >= 11 is 0. The van der Waals surface area contributed by atoms with Gasteiger partial charge in [0.25, 0.3) is 5.91 Å². The molecule has 1 atom stereocenters. The number of carbonyl (C=O) groups is 2. The molecule has 1 aromatic rings. The average Bonchev–Trinajstić information content (AvgIpc) is 2.60. The molecule has 2 aliphatic rings. The van der Waals surface area contributed by atoms with Gasteiger partial charge in [-0.2, -0.15) is 0 Å². The summed E-state index contributed by atoms with van der Waals surface area (Å²) in [7, 11) is 0. The van der Waals surface area contributed by atoms with Crippen molar-refractivity contribution in [3.05, 3.63) is 24.3 Å². The molecule has 6 nitrogen and oxygen atoms in total. The zero-order valence-electron chi connectivity index (χ0n) is 14.3. The van der Waals surface area contributed by atoms with E-state index in [0.29, 0.717) is 32.5 Å². The van der Waals surface area contributed by atoms with Gasteiger partial charge in [-0.15, -0.1) is 0 Å². The molecule has 1 aromatic carbocycles. The largest absolute Gasteiger partial charge is 0.369 e. The Morgan fingerprint density at radius 2 is 1.96 bits per heavy atom. The van der Waals surface area contributed by atoms with Crippen molar-refractivity contribution in [3.8, 4) is 0 Å². The number of nitrogens with zero attached hydrogens (tertiary/aromatic N) is 1. The molecule has 0 unspecified atom stereocenters. The lowest BCUT2D eigenvalue weighted by Crippen LogP contribution is -2.59. The highest BCUT2D eigenvalue weighted by Gasteiger charge is 2.45. The Labute approximate surface area is 142 Å². The minimum Gasteiger partial charge on any atom is -0.369 e. The topological polar surface area (TPSA) is 70.7 Å². The highest BCUT2D eigenvalue weighted by Crippen LogP contribution is 2.36. The Balaban J connectivity index is 1.64. The minimum atomic E-state index is -0.626. The number of para-hydroxylation sites is 2. The zero-order chi connectivity index (χ0) is 17.2. The molecule has 2 aliphatic heterocycles. The number of carbonyl (C=O) groups excluding carboxylic acids is 2. The van der Waals surface area contributed by atoms with Crippen LogP contribution in [0.25, 0.3) is 0 Å². The van der Waals surface area contributed by atoms with Gasteiger partial charge in [0, 0.05) is 19.7 Å². The summed E-state index contributed by atoms with van der Waals surface area (Å²) in [6.07, 6.45) is 1.66. The number of nitrogens with one attached hydrogen (secondary N) is 2. The van der Waals surface area contributed by atoms with Gasteiger partial charge in [-0.05, 0) is 38.3 Å². The lowest BCUT2D eigenvalue weighted by molar-refractivity contribution is -0.145. The standard InChI is InChI=1S/C18H25N3O3/c1-3-12-24-13(2)16(22)21-10-8-18(9-11-21)17(23)19-14-6-4-5-7-15(14)20-18/h4-7,13,20H,3,8-12H2,1-2H3,(H,19,23)/t13-/m1/s1. The molecule has 0 radical (unpaired) electrons. The molecule has 1 fully saturated rings. The van der Waals surface area contributed by atoms with Gasteiger partial charge in [0.1, 0.15) is 11.6 Å². The van der Waals surface area contributed by atoms with Crippen LogP contribution in [0.1, 0.15) is 33.1 Å². The van der Waals surface area contributed by atoms with Crippen molar-refractivity contribution >= 4 is 23.2 Å². The number of hydrogen-bond acceptors (Lipinski definition) is 4. The molecule has 6 heteroatoms. The normalized spacial score (nSPS) is 20.1. The van der Waals surface area contributed by atoms with Crippen molar-refractivity contribution in [2.24, 2.45) is 0 Å². The van der Waals surface area contributed by atoms with E-state index in [4.69, 9.17) is 4.74 Å². The number of fused-ring (bicyclic) bond motifs is 1. The van der Waals surface area contributed by atoms with Gasteiger partial charge in [0.2, 0.25) is 5.91 Å². The fraction of sp³-hybridized carbons (Fsp3) is 0.556. The van der Waals surface area contributed by atoms with E-state index in [0.717, 1.165) is 17.8 Å². The predicted octanol–water partition coefficient (Wildman–Crippen LogP) is 2.23.